The second-order valence-electron chi connectivity index (χ2n) is 5.15. The topological polar surface area (TPSA) is 72.2 Å². The van der Waals surface area contributed by atoms with Crippen LogP contribution in [0.4, 0.5) is 0 Å². The van der Waals surface area contributed by atoms with Gasteiger partial charge >= 0.3 is 0 Å². The summed E-state index contributed by atoms with van der Waals surface area (Å²) in [5.41, 5.74) is 3.04. The van der Waals surface area contributed by atoms with Crippen LogP contribution in [0.3, 0.4) is 0 Å². The third-order valence-corrected chi connectivity index (χ3v) is 5.15. The lowest BCUT2D eigenvalue weighted by molar-refractivity contribution is 0.467. The molecule has 0 fully saturated rings. The largest absolute Gasteiger partial charge is 0.507 e. The molecular formula is C14H18N2O3S. The Labute approximate surface area is 118 Å². The van der Waals surface area contributed by atoms with Gasteiger partial charge in [-0.25, -0.2) is 8.42 Å². The lowest BCUT2D eigenvalue weighted by atomic mass is 10.0. The first kappa shape index (κ1) is 14.6. The molecule has 0 unspecified atom stereocenters. The number of hydrogen-bond acceptors (Lipinski definition) is 4. The molecule has 2 rings (SSSR count). The van der Waals surface area contributed by atoms with Gasteiger partial charge in [-0.15, -0.1) is 0 Å². The maximum atomic E-state index is 12.0. The molecule has 0 saturated carbocycles. The van der Waals surface area contributed by atoms with Crippen molar-refractivity contribution in [3.05, 3.63) is 35.7 Å². The first-order chi connectivity index (χ1) is 9.23. The van der Waals surface area contributed by atoms with Gasteiger partial charge in [0.25, 0.3) is 10.0 Å². The zero-order chi connectivity index (χ0) is 15.1. The molecule has 1 N–H and O–H groups in total. The summed E-state index contributed by atoms with van der Waals surface area (Å²) in [6.07, 6.45) is 3.02. The first-order valence-electron chi connectivity index (χ1n) is 6.33. The summed E-state index contributed by atoms with van der Waals surface area (Å²) in [6.45, 7) is 6.85. The predicted molar refractivity (Wildman–Crippen MR) is 78.3 cm³/mol. The Bertz CT molecular complexity index is 723. The van der Waals surface area contributed by atoms with E-state index in [2.05, 4.69) is 5.10 Å². The van der Waals surface area contributed by atoms with Crippen LogP contribution in [0.15, 0.2) is 24.5 Å². The van der Waals surface area contributed by atoms with Crippen molar-refractivity contribution in [1.82, 2.24) is 9.19 Å². The quantitative estimate of drug-likeness (QED) is 0.943. The predicted octanol–water partition coefficient (Wildman–Crippen LogP) is 2.46. The van der Waals surface area contributed by atoms with Crippen LogP contribution in [0.5, 0.6) is 5.75 Å². The van der Waals surface area contributed by atoms with E-state index in [1.807, 2.05) is 12.1 Å². The number of hydrogen-bond donors (Lipinski definition) is 1. The minimum absolute atomic E-state index is 0.260. The van der Waals surface area contributed by atoms with E-state index in [0.717, 1.165) is 20.8 Å². The molecule has 0 spiro atoms. The molecule has 0 aliphatic heterocycles. The fraction of sp³-hybridized carbons (Fsp3) is 0.357. The van der Waals surface area contributed by atoms with Crippen molar-refractivity contribution in [2.75, 3.05) is 0 Å². The fourth-order valence-electron chi connectivity index (χ4n) is 1.93. The number of benzene rings is 1. The number of aromatic nitrogens is 2. The molecule has 5 nitrogen and oxygen atoms in total. The van der Waals surface area contributed by atoms with Crippen molar-refractivity contribution in [3.8, 4) is 16.9 Å². The van der Waals surface area contributed by atoms with E-state index in [1.165, 1.54) is 12.4 Å². The highest BCUT2D eigenvalue weighted by Crippen LogP contribution is 2.29. The van der Waals surface area contributed by atoms with Gasteiger partial charge < -0.3 is 5.11 Å². The fourth-order valence-corrected chi connectivity index (χ4v) is 2.80. The number of aromatic hydroxyl groups is 1. The molecule has 0 amide bonds. The number of phenolic OH excluding ortho intramolecular Hbond substituents is 1. The molecule has 1 heterocycles. The van der Waals surface area contributed by atoms with E-state index in [-0.39, 0.29) is 5.75 Å². The maximum absolute atomic E-state index is 12.0. The number of nitrogens with zero attached hydrogens (tertiary/aromatic N) is 2. The average molecular weight is 294 g/mol. The third-order valence-electron chi connectivity index (χ3n) is 3.24. The number of aryl methyl sites for hydroxylation is 2. The highest BCUT2D eigenvalue weighted by molar-refractivity contribution is 7.90. The normalized spacial score (nSPS) is 12.1. The summed E-state index contributed by atoms with van der Waals surface area (Å²) in [6, 6.07) is 3.62. The van der Waals surface area contributed by atoms with Gasteiger partial charge in [-0.2, -0.15) is 9.19 Å². The molecule has 108 valence electrons. The molecule has 0 atom stereocenters. The second-order valence-corrected chi connectivity index (χ2v) is 7.50. The molecule has 0 bridgehead atoms. The van der Waals surface area contributed by atoms with Gasteiger partial charge in [0.15, 0.2) is 0 Å². The second kappa shape index (κ2) is 4.94. The minimum atomic E-state index is -3.44. The molecular weight excluding hydrogens is 276 g/mol. The molecule has 20 heavy (non-hydrogen) atoms. The highest BCUT2D eigenvalue weighted by atomic mass is 32.2. The SMILES string of the molecule is Cc1cc(-c2cnn(S(=O)(=O)C(C)C)c2)cc(C)c1O. The van der Waals surface area contributed by atoms with E-state index < -0.39 is 15.3 Å². The summed E-state index contributed by atoms with van der Waals surface area (Å²) in [5.74, 6) is 0.260. The van der Waals surface area contributed by atoms with Gasteiger partial charge in [0.05, 0.1) is 17.6 Å². The molecule has 2 aromatic rings. The summed E-state index contributed by atoms with van der Waals surface area (Å²) in [7, 11) is -3.44. The van der Waals surface area contributed by atoms with Gasteiger partial charge in [-0.05, 0) is 56.5 Å². The van der Waals surface area contributed by atoms with Crippen molar-refractivity contribution < 1.29 is 13.5 Å². The first-order valence-corrected chi connectivity index (χ1v) is 7.83. The Hall–Kier alpha value is -1.82. The van der Waals surface area contributed by atoms with E-state index in [9.17, 15) is 13.5 Å². The monoisotopic (exact) mass is 294 g/mol. The van der Waals surface area contributed by atoms with Gasteiger partial charge in [-0.1, -0.05) is 0 Å². The van der Waals surface area contributed by atoms with E-state index in [4.69, 9.17) is 0 Å². The average Bonchev–Trinajstić information content (AvgIpc) is 2.85. The Balaban J connectivity index is 2.50. The Morgan fingerprint density at radius 1 is 1.15 bits per heavy atom. The van der Waals surface area contributed by atoms with E-state index >= 15 is 0 Å². The molecule has 6 heteroatoms. The van der Waals surface area contributed by atoms with Crippen LogP contribution in [0.1, 0.15) is 25.0 Å². The zero-order valence-corrected chi connectivity index (χ0v) is 12.8. The van der Waals surface area contributed by atoms with Crippen LogP contribution in [0.25, 0.3) is 11.1 Å². The molecule has 0 radical (unpaired) electrons. The Kier molecular flexibility index (Phi) is 3.60. The van der Waals surface area contributed by atoms with Crippen molar-refractivity contribution >= 4 is 10.0 Å². The lowest BCUT2D eigenvalue weighted by Gasteiger charge is -2.07. The number of phenols is 1. The molecule has 0 saturated heterocycles. The van der Waals surface area contributed by atoms with Crippen molar-refractivity contribution in [2.45, 2.75) is 32.9 Å². The van der Waals surface area contributed by atoms with Gasteiger partial charge in [0.2, 0.25) is 0 Å². The summed E-state index contributed by atoms with van der Waals surface area (Å²) in [4.78, 5) is 0. The Morgan fingerprint density at radius 3 is 2.20 bits per heavy atom. The highest BCUT2D eigenvalue weighted by Gasteiger charge is 2.20. The van der Waals surface area contributed by atoms with Crippen molar-refractivity contribution in [3.63, 3.8) is 0 Å². The molecule has 0 aliphatic carbocycles. The summed E-state index contributed by atoms with van der Waals surface area (Å²) in [5, 5.41) is 13.2. The van der Waals surface area contributed by atoms with Crippen molar-refractivity contribution in [1.29, 1.82) is 0 Å². The van der Waals surface area contributed by atoms with Crippen LogP contribution < -0.4 is 0 Å². The minimum Gasteiger partial charge on any atom is -0.507 e. The molecule has 1 aromatic heterocycles. The van der Waals surface area contributed by atoms with Crippen LogP contribution in [0, 0.1) is 13.8 Å². The lowest BCUT2D eigenvalue weighted by Crippen LogP contribution is -2.22. The summed E-state index contributed by atoms with van der Waals surface area (Å²) < 4.78 is 25.1. The standard InChI is InChI=1S/C14H18N2O3S/c1-9(2)20(18,19)16-8-13(7-15-16)12-5-10(3)14(17)11(4)6-12/h5-9,17H,1-4H3. The van der Waals surface area contributed by atoms with Gasteiger partial charge in [0, 0.05) is 5.56 Å². The molecule has 1 aromatic carbocycles. The zero-order valence-electron chi connectivity index (χ0n) is 12.0. The van der Waals surface area contributed by atoms with Crippen LogP contribution in [-0.4, -0.2) is 28.0 Å². The van der Waals surface area contributed by atoms with E-state index in [0.29, 0.717) is 5.56 Å². The van der Waals surface area contributed by atoms with Crippen LogP contribution in [-0.2, 0) is 10.0 Å². The number of rotatable bonds is 3. The smallest absolute Gasteiger partial charge is 0.256 e. The maximum Gasteiger partial charge on any atom is 0.256 e. The van der Waals surface area contributed by atoms with Crippen LogP contribution in [0.2, 0.25) is 0 Å². The Morgan fingerprint density at radius 2 is 1.70 bits per heavy atom. The molecule has 0 aliphatic rings. The van der Waals surface area contributed by atoms with Gasteiger partial charge in [-0.3, -0.25) is 0 Å². The van der Waals surface area contributed by atoms with Crippen molar-refractivity contribution in [2.24, 2.45) is 0 Å². The third kappa shape index (κ3) is 2.43. The van der Waals surface area contributed by atoms with Gasteiger partial charge in [0.1, 0.15) is 5.75 Å². The van der Waals surface area contributed by atoms with Crippen LogP contribution >= 0.6 is 0 Å². The van der Waals surface area contributed by atoms with E-state index in [1.54, 1.807) is 27.7 Å². The summed E-state index contributed by atoms with van der Waals surface area (Å²) >= 11 is 0.